The fraction of sp³-hybridized carbons (Fsp3) is 0.400. The Bertz CT molecular complexity index is 301. The smallest absolute Gasteiger partial charge is 0.0637 e. The molecule has 0 unspecified atom stereocenters. The molecule has 0 saturated heterocycles. The summed E-state index contributed by atoms with van der Waals surface area (Å²) in [5.74, 6) is 0.620. The number of nitrogens with zero attached hydrogens (tertiary/aromatic N) is 1. The van der Waals surface area contributed by atoms with Gasteiger partial charge in [0.2, 0.25) is 0 Å². The number of hydrogen-bond donors (Lipinski definition) is 0. The van der Waals surface area contributed by atoms with Crippen molar-refractivity contribution in [1.29, 1.82) is 0 Å². The van der Waals surface area contributed by atoms with E-state index in [0.29, 0.717) is 15.9 Å². The lowest BCUT2D eigenvalue weighted by atomic mass is 10.2. The molecule has 1 aromatic rings. The molecule has 1 nitrogen and oxygen atoms in total. The van der Waals surface area contributed by atoms with Crippen LogP contribution in [0.2, 0.25) is 10.0 Å². The molecule has 0 spiro atoms. The number of alkyl halides is 1. The molecule has 0 aromatic heterocycles. The highest BCUT2D eigenvalue weighted by Crippen LogP contribution is 2.26. The van der Waals surface area contributed by atoms with Crippen molar-refractivity contribution >= 4 is 34.8 Å². The zero-order valence-corrected chi connectivity index (χ0v) is 10.2. The first-order valence-corrected chi connectivity index (χ1v) is 5.61. The minimum atomic E-state index is 0.600. The van der Waals surface area contributed by atoms with E-state index in [2.05, 4.69) is 4.90 Å². The molecule has 0 fully saturated rings. The van der Waals surface area contributed by atoms with Gasteiger partial charge in [0.1, 0.15) is 0 Å². The van der Waals surface area contributed by atoms with Crippen LogP contribution in [0.5, 0.6) is 0 Å². The van der Waals surface area contributed by atoms with Crippen molar-refractivity contribution in [2.75, 3.05) is 19.5 Å². The molecular formula is C10H12Cl3N. The molecule has 78 valence electrons. The normalized spacial score (nSPS) is 10.9. The third kappa shape index (κ3) is 3.32. The fourth-order valence-corrected chi connectivity index (χ4v) is 1.85. The highest BCUT2D eigenvalue weighted by molar-refractivity contribution is 6.42. The molecule has 0 amide bonds. The minimum Gasteiger partial charge on any atom is -0.301 e. The summed E-state index contributed by atoms with van der Waals surface area (Å²) in [6, 6.07) is 5.66. The van der Waals surface area contributed by atoms with E-state index in [1.165, 1.54) is 0 Å². The van der Waals surface area contributed by atoms with Crippen molar-refractivity contribution in [1.82, 2.24) is 4.90 Å². The van der Waals surface area contributed by atoms with Crippen LogP contribution in [0.1, 0.15) is 5.56 Å². The Hall–Kier alpha value is 0.0500. The van der Waals surface area contributed by atoms with Gasteiger partial charge in [-0.1, -0.05) is 35.3 Å². The molecule has 4 heteroatoms. The molecule has 0 bridgehead atoms. The van der Waals surface area contributed by atoms with Gasteiger partial charge in [-0.25, -0.2) is 0 Å². The van der Waals surface area contributed by atoms with Gasteiger partial charge < -0.3 is 4.90 Å². The van der Waals surface area contributed by atoms with E-state index < -0.39 is 0 Å². The van der Waals surface area contributed by atoms with Crippen molar-refractivity contribution in [2.45, 2.75) is 6.54 Å². The van der Waals surface area contributed by atoms with Crippen molar-refractivity contribution < 1.29 is 0 Å². The van der Waals surface area contributed by atoms with E-state index in [1.54, 1.807) is 6.07 Å². The third-order valence-corrected chi connectivity index (χ3v) is 2.97. The Balaban J connectivity index is 2.71. The summed E-state index contributed by atoms with van der Waals surface area (Å²) in [5.41, 5.74) is 1.03. The Labute approximate surface area is 99.6 Å². The Morgan fingerprint density at radius 3 is 2.64 bits per heavy atom. The molecule has 0 heterocycles. The van der Waals surface area contributed by atoms with Gasteiger partial charge in [0.25, 0.3) is 0 Å². The van der Waals surface area contributed by atoms with Gasteiger partial charge in [-0.15, -0.1) is 11.6 Å². The number of halogens is 3. The van der Waals surface area contributed by atoms with Crippen LogP contribution in [0, 0.1) is 0 Å². The van der Waals surface area contributed by atoms with Gasteiger partial charge in [-0.3, -0.25) is 0 Å². The Morgan fingerprint density at radius 2 is 2.00 bits per heavy atom. The lowest BCUT2D eigenvalue weighted by Gasteiger charge is -2.16. The van der Waals surface area contributed by atoms with Crippen molar-refractivity contribution in [2.24, 2.45) is 0 Å². The van der Waals surface area contributed by atoms with Crippen LogP contribution in [0.15, 0.2) is 18.2 Å². The average molecular weight is 253 g/mol. The maximum atomic E-state index is 6.05. The lowest BCUT2D eigenvalue weighted by molar-refractivity contribution is 0.348. The van der Waals surface area contributed by atoms with Gasteiger partial charge in [0, 0.05) is 19.0 Å². The zero-order chi connectivity index (χ0) is 10.6. The fourth-order valence-electron chi connectivity index (χ4n) is 1.18. The topological polar surface area (TPSA) is 3.24 Å². The second-order valence-electron chi connectivity index (χ2n) is 3.14. The molecule has 14 heavy (non-hydrogen) atoms. The number of benzene rings is 1. The Kier molecular flexibility index (Phi) is 5.04. The monoisotopic (exact) mass is 251 g/mol. The van der Waals surface area contributed by atoms with Gasteiger partial charge in [-0.2, -0.15) is 0 Å². The van der Waals surface area contributed by atoms with Gasteiger partial charge in [0.05, 0.1) is 10.0 Å². The van der Waals surface area contributed by atoms with Crippen LogP contribution in [0.4, 0.5) is 0 Å². The lowest BCUT2D eigenvalue weighted by Crippen LogP contribution is -2.20. The molecule has 1 rings (SSSR count). The van der Waals surface area contributed by atoms with Crippen LogP contribution in [0.25, 0.3) is 0 Å². The second-order valence-corrected chi connectivity index (χ2v) is 4.30. The zero-order valence-electron chi connectivity index (χ0n) is 7.93. The molecule has 0 saturated carbocycles. The van der Waals surface area contributed by atoms with E-state index in [-0.39, 0.29) is 0 Å². The number of rotatable bonds is 4. The third-order valence-electron chi connectivity index (χ3n) is 1.94. The maximum Gasteiger partial charge on any atom is 0.0637 e. The quantitative estimate of drug-likeness (QED) is 0.739. The summed E-state index contributed by atoms with van der Waals surface area (Å²) < 4.78 is 0. The van der Waals surface area contributed by atoms with Crippen LogP contribution in [-0.2, 0) is 6.54 Å². The first-order valence-electron chi connectivity index (χ1n) is 4.32. The standard InChI is InChI=1S/C10H12Cl3N/c1-14(6-5-11)7-8-3-2-4-9(12)10(8)13/h2-4H,5-7H2,1H3. The molecule has 0 N–H and O–H groups in total. The molecule has 0 aliphatic heterocycles. The minimum absolute atomic E-state index is 0.600. The van der Waals surface area contributed by atoms with Crippen LogP contribution in [-0.4, -0.2) is 24.4 Å². The van der Waals surface area contributed by atoms with Crippen LogP contribution in [0.3, 0.4) is 0 Å². The summed E-state index contributed by atoms with van der Waals surface area (Å²) in [6.45, 7) is 1.61. The molecule has 0 radical (unpaired) electrons. The summed E-state index contributed by atoms with van der Waals surface area (Å²) >= 11 is 17.6. The predicted octanol–water partition coefficient (Wildman–Crippen LogP) is 3.66. The second kappa shape index (κ2) is 5.82. The van der Waals surface area contributed by atoms with Crippen molar-refractivity contribution in [3.63, 3.8) is 0 Å². The highest BCUT2D eigenvalue weighted by atomic mass is 35.5. The summed E-state index contributed by atoms with van der Waals surface area (Å²) in [6.07, 6.45) is 0. The SMILES string of the molecule is CN(CCCl)Cc1cccc(Cl)c1Cl. The van der Waals surface area contributed by atoms with Gasteiger partial charge in [-0.05, 0) is 18.7 Å². The Morgan fingerprint density at radius 1 is 1.29 bits per heavy atom. The largest absolute Gasteiger partial charge is 0.301 e. The maximum absolute atomic E-state index is 6.05. The van der Waals surface area contributed by atoms with E-state index >= 15 is 0 Å². The number of hydrogen-bond acceptors (Lipinski definition) is 1. The highest BCUT2D eigenvalue weighted by Gasteiger charge is 2.06. The first-order chi connectivity index (χ1) is 6.65. The summed E-state index contributed by atoms with van der Waals surface area (Å²) in [4.78, 5) is 2.10. The van der Waals surface area contributed by atoms with Crippen molar-refractivity contribution in [3.8, 4) is 0 Å². The summed E-state index contributed by atoms with van der Waals surface area (Å²) in [5, 5.41) is 1.24. The molecule has 1 aromatic carbocycles. The van der Waals surface area contributed by atoms with E-state index in [1.807, 2.05) is 19.2 Å². The molecule has 0 atom stereocenters. The van der Waals surface area contributed by atoms with Crippen LogP contribution < -0.4 is 0 Å². The molecule has 0 aliphatic carbocycles. The first kappa shape index (κ1) is 12.1. The van der Waals surface area contributed by atoms with Crippen LogP contribution >= 0.6 is 34.8 Å². The molecular weight excluding hydrogens is 240 g/mol. The predicted molar refractivity (Wildman–Crippen MR) is 63.5 cm³/mol. The van der Waals surface area contributed by atoms with Gasteiger partial charge >= 0.3 is 0 Å². The van der Waals surface area contributed by atoms with Crippen molar-refractivity contribution in [3.05, 3.63) is 33.8 Å². The molecule has 0 aliphatic rings. The van der Waals surface area contributed by atoms with E-state index in [4.69, 9.17) is 34.8 Å². The van der Waals surface area contributed by atoms with E-state index in [0.717, 1.165) is 18.7 Å². The average Bonchev–Trinajstić information content (AvgIpc) is 2.13. The van der Waals surface area contributed by atoms with E-state index in [9.17, 15) is 0 Å². The summed E-state index contributed by atoms with van der Waals surface area (Å²) in [7, 11) is 2.00. The van der Waals surface area contributed by atoms with Gasteiger partial charge in [0.15, 0.2) is 0 Å².